The van der Waals surface area contributed by atoms with E-state index in [1.807, 2.05) is 0 Å². The van der Waals surface area contributed by atoms with Gasteiger partial charge in [0.25, 0.3) is 0 Å². The molecule has 0 aliphatic heterocycles. The van der Waals surface area contributed by atoms with Gasteiger partial charge in [0.1, 0.15) is 0 Å². The number of hydrogen-bond acceptors (Lipinski definition) is 1. The van der Waals surface area contributed by atoms with Crippen LogP contribution in [-0.4, -0.2) is 5.11 Å². The minimum absolute atomic E-state index is 0.601. The quantitative estimate of drug-likeness (QED) is 0.828. The third kappa shape index (κ3) is 2.40. The molecule has 1 heteroatoms. The molecule has 100 valence electrons. The second kappa shape index (κ2) is 4.97. The number of aliphatic hydroxyl groups is 1. The van der Waals surface area contributed by atoms with E-state index in [0.29, 0.717) is 0 Å². The SMILES string of the molecule is CCC1CCC(O)(c2ccc3ccccc3c2)CC1. The lowest BCUT2D eigenvalue weighted by Gasteiger charge is -2.36. The van der Waals surface area contributed by atoms with E-state index in [4.69, 9.17) is 0 Å². The molecule has 0 saturated heterocycles. The van der Waals surface area contributed by atoms with Crippen molar-refractivity contribution >= 4 is 10.8 Å². The van der Waals surface area contributed by atoms with Gasteiger partial charge in [0.2, 0.25) is 0 Å². The van der Waals surface area contributed by atoms with E-state index < -0.39 is 5.60 Å². The van der Waals surface area contributed by atoms with Crippen LogP contribution in [-0.2, 0) is 5.60 Å². The fraction of sp³-hybridized carbons (Fsp3) is 0.444. The second-order valence-corrected chi connectivity index (χ2v) is 5.95. The van der Waals surface area contributed by atoms with Crippen molar-refractivity contribution in [3.8, 4) is 0 Å². The molecule has 1 nitrogen and oxygen atoms in total. The maximum absolute atomic E-state index is 10.9. The summed E-state index contributed by atoms with van der Waals surface area (Å²) >= 11 is 0. The summed E-state index contributed by atoms with van der Waals surface area (Å²) in [6.07, 6.45) is 5.36. The third-order valence-electron chi connectivity index (χ3n) is 4.80. The smallest absolute Gasteiger partial charge is 0.0897 e. The zero-order valence-electron chi connectivity index (χ0n) is 11.6. The highest BCUT2D eigenvalue weighted by Gasteiger charge is 2.34. The lowest BCUT2D eigenvalue weighted by atomic mass is 9.74. The van der Waals surface area contributed by atoms with Gasteiger partial charge in [-0.1, -0.05) is 49.7 Å². The first-order valence-corrected chi connectivity index (χ1v) is 7.43. The molecule has 0 amide bonds. The number of fused-ring (bicyclic) bond motifs is 1. The van der Waals surface area contributed by atoms with E-state index in [1.54, 1.807) is 0 Å². The summed E-state index contributed by atoms with van der Waals surface area (Å²) in [6, 6.07) is 14.8. The van der Waals surface area contributed by atoms with E-state index in [9.17, 15) is 5.11 Å². The van der Waals surface area contributed by atoms with Crippen molar-refractivity contribution in [2.45, 2.75) is 44.6 Å². The largest absolute Gasteiger partial charge is 0.385 e. The van der Waals surface area contributed by atoms with Gasteiger partial charge in [-0.05, 0) is 54.0 Å². The summed E-state index contributed by atoms with van der Waals surface area (Å²) in [5, 5.41) is 13.4. The molecule has 2 aromatic rings. The molecule has 1 saturated carbocycles. The predicted molar refractivity (Wildman–Crippen MR) is 80.1 cm³/mol. The van der Waals surface area contributed by atoms with Crippen LogP contribution in [0.1, 0.15) is 44.6 Å². The molecule has 2 aromatic carbocycles. The average molecular weight is 254 g/mol. The van der Waals surface area contributed by atoms with E-state index in [1.165, 1.54) is 17.2 Å². The van der Waals surface area contributed by atoms with Crippen LogP contribution >= 0.6 is 0 Å². The molecular formula is C18H22O. The van der Waals surface area contributed by atoms with Gasteiger partial charge in [-0.25, -0.2) is 0 Å². The summed E-state index contributed by atoms with van der Waals surface area (Å²) in [5.74, 6) is 0.806. The van der Waals surface area contributed by atoms with Crippen molar-refractivity contribution in [3.63, 3.8) is 0 Å². The number of hydrogen-bond donors (Lipinski definition) is 1. The Hall–Kier alpha value is -1.34. The van der Waals surface area contributed by atoms with E-state index in [-0.39, 0.29) is 0 Å². The first-order chi connectivity index (χ1) is 9.21. The van der Waals surface area contributed by atoms with Crippen molar-refractivity contribution in [3.05, 3.63) is 48.0 Å². The van der Waals surface area contributed by atoms with Crippen LogP contribution in [0, 0.1) is 5.92 Å². The molecule has 1 aliphatic rings. The number of rotatable bonds is 2. The van der Waals surface area contributed by atoms with Crippen LogP contribution in [0.15, 0.2) is 42.5 Å². The molecule has 0 radical (unpaired) electrons. The van der Waals surface area contributed by atoms with Gasteiger partial charge < -0.3 is 5.11 Å². The molecule has 1 fully saturated rings. The summed E-state index contributed by atoms with van der Waals surface area (Å²) in [4.78, 5) is 0. The molecule has 0 unspecified atom stereocenters. The molecule has 0 atom stereocenters. The van der Waals surface area contributed by atoms with Crippen LogP contribution in [0.25, 0.3) is 10.8 Å². The van der Waals surface area contributed by atoms with Crippen LogP contribution < -0.4 is 0 Å². The number of benzene rings is 2. The Labute approximate surface area is 115 Å². The Kier molecular flexibility index (Phi) is 3.32. The Bertz CT molecular complexity index is 565. The van der Waals surface area contributed by atoms with Gasteiger partial charge in [-0.15, -0.1) is 0 Å². The minimum Gasteiger partial charge on any atom is -0.385 e. The highest BCUT2D eigenvalue weighted by Crippen LogP contribution is 2.41. The highest BCUT2D eigenvalue weighted by molar-refractivity contribution is 5.83. The van der Waals surface area contributed by atoms with E-state index >= 15 is 0 Å². The Morgan fingerprint density at radius 2 is 1.74 bits per heavy atom. The molecule has 0 spiro atoms. The maximum atomic E-state index is 10.9. The first-order valence-electron chi connectivity index (χ1n) is 7.43. The summed E-state index contributed by atoms with van der Waals surface area (Å²) < 4.78 is 0. The molecule has 3 rings (SSSR count). The summed E-state index contributed by atoms with van der Waals surface area (Å²) in [6.45, 7) is 2.26. The monoisotopic (exact) mass is 254 g/mol. The molecule has 19 heavy (non-hydrogen) atoms. The van der Waals surface area contributed by atoms with Crippen LogP contribution in [0.4, 0.5) is 0 Å². The van der Waals surface area contributed by atoms with Gasteiger partial charge in [0.05, 0.1) is 5.60 Å². The zero-order valence-corrected chi connectivity index (χ0v) is 11.6. The van der Waals surface area contributed by atoms with Crippen molar-refractivity contribution in [2.75, 3.05) is 0 Å². The fourth-order valence-corrected chi connectivity index (χ4v) is 3.33. The second-order valence-electron chi connectivity index (χ2n) is 5.95. The standard InChI is InChI=1S/C18H22O/c1-2-14-9-11-18(19,12-10-14)17-8-7-15-5-3-4-6-16(15)13-17/h3-8,13-14,19H,2,9-12H2,1H3. The van der Waals surface area contributed by atoms with Crippen molar-refractivity contribution in [1.82, 2.24) is 0 Å². The average Bonchev–Trinajstić information content (AvgIpc) is 2.47. The van der Waals surface area contributed by atoms with Crippen LogP contribution in [0.5, 0.6) is 0 Å². The van der Waals surface area contributed by atoms with Crippen molar-refractivity contribution in [1.29, 1.82) is 0 Å². The Morgan fingerprint density at radius 1 is 1.05 bits per heavy atom. The van der Waals surface area contributed by atoms with Gasteiger partial charge in [-0.3, -0.25) is 0 Å². The summed E-state index contributed by atoms with van der Waals surface area (Å²) in [5.41, 5.74) is 0.496. The molecule has 0 heterocycles. The van der Waals surface area contributed by atoms with Crippen LogP contribution in [0.2, 0.25) is 0 Å². The minimum atomic E-state index is -0.601. The molecule has 0 aromatic heterocycles. The lowest BCUT2D eigenvalue weighted by molar-refractivity contribution is -0.0144. The topological polar surface area (TPSA) is 20.2 Å². The molecule has 0 bridgehead atoms. The van der Waals surface area contributed by atoms with Gasteiger partial charge in [0, 0.05) is 0 Å². The Balaban J connectivity index is 1.91. The first kappa shape index (κ1) is 12.7. The molecule has 1 N–H and O–H groups in total. The molecule has 1 aliphatic carbocycles. The zero-order chi connectivity index (χ0) is 13.3. The molecular weight excluding hydrogens is 232 g/mol. The van der Waals surface area contributed by atoms with E-state index in [0.717, 1.165) is 37.2 Å². The normalized spacial score (nSPS) is 27.6. The Morgan fingerprint density at radius 3 is 2.42 bits per heavy atom. The fourth-order valence-electron chi connectivity index (χ4n) is 3.33. The van der Waals surface area contributed by atoms with Crippen molar-refractivity contribution < 1.29 is 5.11 Å². The third-order valence-corrected chi connectivity index (χ3v) is 4.80. The van der Waals surface area contributed by atoms with Gasteiger partial charge in [-0.2, -0.15) is 0 Å². The lowest BCUT2D eigenvalue weighted by Crippen LogP contribution is -2.31. The van der Waals surface area contributed by atoms with Gasteiger partial charge in [0.15, 0.2) is 0 Å². The predicted octanol–water partition coefficient (Wildman–Crippen LogP) is 4.63. The highest BCUT2D eigenvalue weighted by atomic mass is 16.3. The van der Waals surface area contributed by atoms with Crippen molar-refractivity contribution in [2.24, 2.45) is 5.92 Å². The van der Waals surface area contributed by atoms with Gasteiger partial charge >= 0.3 is 0 Å². The van der Waals surface area contributed by atoms with Crippen LogP contribution in [0.3, 0.4) is 0 Å². The maximum Gasteiger partial charge on any atom is 0.0897 e. The van der Waals surface area contributed by atoms with E-state index in [2.05, 4.69) is 49.4 Å². The summed E-state index contributed by atoms with van der Waals surface area (Å²) in [7, 11) is 0.